The van der Waals surface area contributed by atoms with E-state index in [1.54, 1.807) is 6.07 Å². The Labute approximate surface area is 156 Å². The number of anilines is 1. The van der Waals surface area contributed by atoms with Gasteiger partial charge in [0, 0.05) is 12.2 Å². The van der Waals surface area contributed by atoms with Gasteiger partial charge in [0.2, 0.25) is 0 Å². The summed E-state index contributed by atoms with van der Waals surface area (Å²) in [6, 6.07) is 5.48. The maximum atomic E-state index is 11.8. The number of nitrogens with zero attached hydrogens (tertiary/aromatic N) is 1. The molecule has 1 fully saturated rings. The monoisotopic (exact) mass is 363 g/mol. The van der Waals surface area contributed by atoms with Crippen molar-refractivity contribution in [1.82, 2.24) is 10.2 Å². The third-order valence-corrected chi connectivity index (χ3v) is 5.05. The second-order valence-electron chi connectivity index (χ2n) is 6.73. The van der Waals surface area contributed by atoms with Crippen molar-refractivity contribution in [3.05, 3.63) is 29.3 Å². The number of ether oxygens (including phenoxy) is 1. The largest absolute Gasteiger partial charge is 0.465 e. The van der Waals surface area contributed by atoms with Gasteiger partial charge in [0.1, 0.15) is 0 Å². The van der Waals surface area contributed by atoms with E-state index in [-0.39, 0.29) is 5.97 Å². The van der Waals surface area contributed by atoms with Crippen LogP contribution >= 0.6 is 12.2 Å². The summed E-state index contributed by atoms with van der Waals surface area (Å²) in [5, 5.41) is 7.00. The van der Waals surface area contributed by atoms with Crippen LogP contribution in [0.2, 0.25) is 0 Å². The number of nitrogens with one attached hydrogen (secondary N) is 2. The molecule has 0 saturated carbocycles. The zero-order valence-corrected chi connectivity index (χ0v) is 16.2. The summed E-state index contributed by atoms with van der Waals surface area (Å²) in [7, 11) is 1.39. The van der Waals surface area contributed by atoms with Crippen LogP contribution in [-0.4, -0.2) is 49.3 Å². The number of likely N-dealkylation sites (tertiary alicyclic amines) is 1. The van der Waals surface area contributed by atoms with E-state index < -0.39 is 0 Å². The SMILES string of the molecule is COC(=O)c1cccc(NC(=S)NCCCN2CCC(C)CC2)c1C. The molecular formula is C19H29N3O2S. The van der Waals surface area contributed by atoms with Crippen LogP contribution in [0, 0.1) is 12.8 Å². The maximum Gasteiger partial charge on any atom is 0.338 e. The molecule has 0 atom stereocenters. The minimum atomic E-state index is -0.337. The van der Waals surface area contributed by atoms with E-state index >= 15 is 0 Å². The van der Waals surface area contributed by atoms with Gasteiger partial charge in [0.15, 0.2) is 5.11 Å². The molecule has 0 radical (unpaired) electrons. The number of piperidine rings is 1. The highest BCUT2D eigenvalue weighted by atomic mass is 32.1. The molecule has 1 aliphatic rings. The molecule has 0 amide bonds. The molecule has 138 valence electrons. The van der Waals surface area contributed by atoms with Crippen LogP contribution in [0.25, 0.3) is 0 Å². The Bertz CT molecular complexity index is 598. The molecule has 1 aromatic carbocycles. The predicted molar refractivity (Wildman–Crippen MR) is 106 cm³/mol. The first kappa shape index (κ1) is 19.7. The summed E-state index contributed by atoms with van der Waals surface area (Å²) >= 11 is 5.37. The fraction of sp³-hybridized carbons (Fsp3) is 0.579. The molecule has 0 aromatic heterocycles. The highest BCUT2D eigenvalue weighted by Crippen LogP contribution is 2.19. The summed E-state index contributed by atoms with van der Waals surface area (Å²) in [5.74, 6) is 0.533. The number of carbonyl (C=O) groups is 1. The number of methoxy groups -OCH3 is 1. The predicted octanol–water partition coefficient (Wildman–Crippen LogP) is 3.19. The van der Waals surface area contributed by atoms with Crippen molar-refractivity contribution >= 4 is 29.0 Å². The van der Waals surface area contributed by atoms with Crippen LogP contribution in [-0.2, 0) is 4.74 Å². The second-order valence-corrected chi connectivity index (χ2v) is 7.14. The van der Waals surface area contributed by atoms with Crippen molar-refractivity contribution in [2.45, 2.75) is 33.1 Å². The number of thiocarbonyl (C=S) groups is 1. The first-order valence-electron chi connectivity index (χ1n) is 8.96. The van der Waals surface area contributed by atoms with Gasteiger partial charge in [-0.3, -0.25) is 0 Å². The Morgan fingerprint density at radius 1 is 1.36 bits per heavy atom. The maximum absolute atomic E-state index is 11.8. The molecule has 1 aromatic rings. The molecule has 0 unspecified atom stereocenters. The number of carbonyl (C=O) groups excluding carboxylic acids is 1. The fourth-order valence-corrected chi connectivity index (χ4v) is 3.27. The van der Waals surface area contributed by atoms with E-state index in [4.69, 9.17) is 17.0 Å². The Balaban J connectivity index is 1.74. The Kier molecular flexibility index (Phi) is 7.65. The van der Waals surface area contributed by atoms with Gasteiger partial charge < -0.3 is 20.3 Å². The minimum absolute atomic E-state index is 0.337. The number of hydrogen-bond acceptors (Lipinski definition) is 4. The normalized spacial score (nSPS) is 15.6. The molecule has 2 N–H and O–H groups in total. The smallest absolute Gasteiger partial charge is 0.338 e. The second kappa shape index (κ2) is 9.73. The molecule has 1 saturated heterocycles. The summed E-state index contributed by atoms with van der Waals surface area (Å²) in [5.41, 5.74) is 2.21. The molecule has 0 aliphatic carbocycles. The number of rotatable bonds is 6. The zero-order chi connectivity index (χ0) is 18.2. The minimum Gasteiger partial charge on any atom is -0.465 e. The molecule has 2 rings (SSSR count). The number of hydrogen-bond donors (Lipinski definition) is 2. The lowest BCUT2D eigenvalue weighted by molar-refractivity contribution is 0.0600. The molecule has 5 nitrogen and oxygen atoms in total. The van der Waals surface area contributed by atoms with Crippen LogP contribution < -0.4 is 10.6 Å². The van der Waals surface area contributed by atoms with Gasteiger partial charge in [0.05, 0.1) is 12.7 Å². The summed E-state index contributed by atoms with van der Waals surface area (Å²) in [6.45, 7) is 8.59. The van der Waals surface area contributed by atoms with E-state index in [1.165, 1.54) is 33.0 Å². The van der Waals surface area contributed by atoms with Gasteiger partial charge in [-0.1, -0.05) is 13.0 Å². The third kappa shape index (κ3) is 5.97. The standard InChI is InChI=1S/C19H29N3O2S/c1-14-8-12-22(13-9-14)11-5-10-20-19(25)21-17-7-4-6-16(15(17)2)18(23)24-3/h4,6-7,14H,5,8-13H2,1-3H3,(H2,20,21,25). The third-order valence-electron chi connectivity index (χ3n) is 4.80. The Morgan fingerprint density at radius 3 is 2.76 bits per heavy atom. The van der Waals surface area contributed by atoms with E-state index in [1.807, 2.05) is 19.1 Å². The van der Waals surface area contributed by atoms with Crippen molar-refractivity contribution in [2.24, 2.45) is 5.92 Å². The molecule has 25 heavy (non-hydrogen) atoms. The highest BCUT2D eigenvalue weighted by molar-refractivity contribution is 7.80. The summed E-state index contributed by atoms with van der Waals surface area (Å²) in [6.07, 6.45) is 3.68. The lowest BCUT2D eigenvalue weighted by Gasteiger charge is -2.30. The molecule has 0 bridgehead atoms. The van der Waals surface area contributed by atoms with Crippen LogP contribution in [0.4, 0.5) is 5.69 Å². The Morgan fingerprint density at radius 2 is 2.08 bits per heavy atom. The number of esters is 1. The van der Waals surface area contributed by atoms with Gasteiger partial charge in [-0.2, -0.15) is 0 Å². The van der Waals surface area contributed by atoms with Crippen LogP contribution in [0.3, 0.4) is 0 Å². The molecule has 0 spiro atoms. The van der Waals surface area contributed by atoms with E-state index in [2.05, 4.69) is 22.5 Å². The molecule has 1 aliphatic heterocycles. The molecular weight excluding hydrogens is 334 g/mol. The van der Waals surface area contributed by atoms with E-state index in [0.717, 1.165) is 36.7 Å². The van der Waals surface area contributed by atoms with Crippen molar-refractivity contribution in [2.75, 3.05) is 38.6 Å². The van der Waals surface area contributed by atoms with Gasteiger partial charge >= 0.3 is 5.97 Å². The molecule has 1 heterocycles. The summed E-state index contributed by atoms with van der Waals surface area (Å²) < 4.78 is 4.80. The van der Waals surface area contributed by atoms with Gasteiger partial charge in [-0.25, -0.2) is 4.79 Å². The van der Waals surface area contributed by atoms with E-state index in [9.17, 15) is 4.79 Å². The van der Waals surface area contributed by atoms with Gasteiger partial charge in [-0.15, -0.1) is 0 Å². The first-order valence-corrected chi connectivity index (χ1v) is 9.37. The Hall–Kier alpha value is -1.66. The van der Waals surface area contributed by atoms with Crippen molar-refractivity contribution in [3.63, 3.8) is 0 Å². The van der Waals surface area contributed by atoms with Crippen LogP contribution in [0.15, 0.2) is 18.2 Å². The van der Waals surface area contributed by atoms with Crippen molar-refractivity contribution in [3.8, 4) is 0 Å². The van der Waals surface area contributed by atoms with Gasteiger partial charge in [-0.05, 0) is 81.7 Å². The molecule has 6 heteroatoms. The highest BCUT2D eigenvalue weighted by Gasteiger charge is 2.15. The topological polar surface area (TPSA) is 53.6 Å². The average molecular weight is 364 g/mol. The van der Waals surface area contributed by atoms with Gasteiger partial charge in [0.25, 0.3) is 0 Å². The quantitative estimate of drug-likeness (QED) is 0.460. The number of benzene rings is 1. The fourth-order valence-electron chi connectivity index (χ4n) is 3.06. The zero-order valence-electron chi connectivity index (χ0n) is 15.4. The van der Waals surface area contributed by atoms with Crippen LogP contribution in [0.5, 0.6) is 0 Å². The average Bonchev–Trinajstić information content (AvgIpc) is 2.61. The lowest BCUT2D eigenvalue weighted by Crippen LogP contribution is -2.36. The van der Waals surface area contributed by atoms with Crippen LogP contribution in [0.1, 0.15) is 42.1 Å². The lowest BCUT2D eigenvalue weighted by atomic mass is 9.99. The van der Waals surface area contributed by atoms with E-state index in [0.29, 0.717) is 10.7 Å². The van der Waals surface area contributed by atoms with Crippen molar-refractivity contribution in [1.29, 1.82) is 0 Å². The van der Waals surface area contributed by atoms with Crippen molar-refractivity contribution < 1.29 is 9.53 Å². The summed E-state index contributed by atoms with van der Waals surface area (Å²) in [4.78, 5) is 14.3. The first-order chi connectivity index (χ1) is 12.0.